The smallest absolute Gasteiger partial charge is 0.237 e. The van der Waals surface area contributed by atoms with Crippen LogP contribution in [0.5, 0.6) is 0 Å². The minimum atomic E-state index is -0.654. The molecule has 1 aliphatic heterocycles. The van der Waals surface area contributed by atoms with E-state index >= 15 is 0 Å². The van der Waals surface area contributed by atoms with E-state index in [-0.39, 0.29) is 27.1 Å². The summed E-state index contributed by atoms with van der Waals surface area (Å²) in [5.74, 6) is 0.347. The van der Waals surface area contributed by atoms with Crippen molar-refractivity contribution in [2.75, 3.05) is 6.54 Å². The van der Waals surface area contributed by atoms with Gasteiger partial charge in [-0.3, -0.25) is 9.59 Å². The number of aliphatic hydroxyl groups is 1. The number of thioether (sulfide) groups is 1. The normalized spacial score (nSPS) is 22.7. The molecule has 2 unspecified atom stereocenters. The number of amides is 1. The summed E-state index contributed by atoms with van der Waals surface area (Å²) in [6.07, 6.45) is 3.07. The molecule has 1 fully saturated rings. The van der Waals surface area contributed by atoms with Crippen molar-refractivity contribution in [1.82, 2.24) is 4.90 Å². The second kappa shape index (κ2) is 8.02. The van der Waals surface area contributed by atoms with E-state index in [0.29, 0.717) is 19.4 Å². The highest BCUT2D eigenvalue weighted by molar-refractivity contribution is 8.01. The van der Waals surface area contributed by atoms with Gasteiger partial charge < -0.3 is 10.0 Å². The molecule has 1 N–H and O–H groups in total. The van der Waals surface area contributed by atoms with Crippen molar-refractivity contribution in [3.05, 3.63) is 0 Å². The van der Waals surface area contributed by atoms with Gasteiger partial charge in [0.15, 0.2) is 0 Å². The van der Waals surface area contributed by atoms with Gasteiger partial charge in [-0.25, -0.2) is 0 Å². The van der Waals surface area contributed by atoms with Gasteiger partial charge in [-0.1, -0.05) is 48.0 Å². The molecule has 1 aliphatic rings. The van der Waals surface area contributed by atoms with E-state index in [1.54, 1.807) is 16.7 Å². The highest BCUT2D eigenvalue weighted by Gasteiger charge is 2.40. The Bertz CT molecular complexity index is 423. The van der Waals surface area contributed by atoms with Crippen LogP contribution in [-0.4, -0.2) is 44.5 Å². The Morgan fingerprint density at radius 1 is 1.17 bits per heavy atom. The molecule has 1 heterocycles. The Morgan fingerprint density at radius 3 is 2.30 bits per heavy atom. The Hall–Kier alpha value is -0.550. The van der Waals surface area contributed by atoms with Crippen LogP contribution in [0.3, 0.4) is 0 Å². The minimum absolute atomic E-state index is 0.0172. The third kappa shape index (κ3) is 6.84. The second-order valence-corrected chi connectivity index (χ2v) is 10.5. The molecular formula is C18H33NO3S. The molecule has 0 spiro atoms. The van der Waals surface area contributed by atoms with E-state index in [1.807, 2.05) is 20.8 Å². The van der Waals surface area contributed by atoms with Crippen LogP contribution < -0.4 is 0 Å². The van der Waals surface area contributed by atoms with Crippen molar-refractivity contribution >= 4 is 23.5 Å². The first-order valence-electron chi connectivity index (χ1n) is 8.61. The van der Waals surface area contributed by atoms with Crippen molar-refractivity contribution in [2.45, 2.75) is 89.9 Å². The van der Waals surface area contributed by atoms with Gasteiger partial charge in [0.25, 0.3) is 0 Å². The molecule has 0 radical (unpaired) electrons. The number of Topliss-reactive ketones (excluding diaryl/α,β-unsaturated/α-hetero) is 1. The number of carbonyl (C=O) groups is 2. The quantitative estimate of drug-likeness (QED) is 0.717. The van der Waals surface area contributed by atoms with E-state index in [1.165, 1.54) is 0 Å². The molecule has 4 nitrogen and oxygen atoms in total. The molecule has 0 aromatic carbocycles. The van der Waals surface area contributed by atoms with Crippen LogP contribution in [0.25, 0.3) is 0 Å². The summed E-state index contributed by atoms with van der Waals surface area (Å²) in [7, 11) is 0. The van der Waals surface area contributed by atoms with Gasteiger partial charge in [0.1, 0.15) is 12.0 Å². The molecule has 0 saturated carbocycles. The van der Waals surface area contributed by atoms with Gasteiger partial charge in [-0.05, 0) is 12.8 Å². The number of aliphatic hydroxyl groups excluding tert-OH is 1. The Balaban J connectivity index is 2.32. The Kier molecular flexibility index (Phi) is 7.14. The second-order valence-electron chi connectivity index (χ2n) is 8.45. The standard InChI is InChI=1S/C18H33NO3S/c1-17(2,3)14(20)10-8-7-9-11-19-15(21)12-13(16(19)22)23-18(4,5)6/h13,15,21H,7-12H2,1-6H3. The predicted molar refractivity (Wildman–Crippen MR) is 96.4 cm³/mol. The lowest BCUT2D eigenvalue weighted by Gasteiger charge is -2.22. The zero-order valence-electron chi connectivity index (χ0n) is 15.5. The maximum Gasteiger partial charge on any atom is 0.237 e. The average molecular weight is 344 g/mol. The third-order valence-electron chi connectivity index (χ3n) is 3.98. The summed E-state index contributed by atoms with van der Waals surface area (Å²) in [5.41, 5.74) is -0.265. The Labute approximate surface area is 145 Å². The van der Waals surface area contributed by atoms with Crippen molar-refractivity contribution in [3.63, 3.8) is 0 Å². The molecule has 1 saturated heterocycles. The maximum absolute atomic E-state index is 12.4. The van der Waals surface area contributed by atoms with Gasteiger partial charge >= 0.3 is 0 Å². The van der Waals surface area contributed by atoms with E-state index in [0.717, 1.165) is 19.3 Å². The van der Waals surface area contributed by atoms with Crippen molar-refractivity contribution in [3.8, 4) is 0 Å². The van der Waals surface area contributed by atoms with Gasteiger partial charge in [-0.2, -0.15) is 0 Å². The number of unbranched alkanes of at least 4 members (excludes halogenated alkanes) is 2. The summed E-state index contributed by atoms with van der Waals surface area (Å²) in [5, 5.41) is 9.98. The van der Waals surface area contributed by atoms with Gasteiger partial charge in [0.05, 0.1) is 5.25 Å². The molecule has 2 atom stereocenters. The van der Waals surface area contributed by atoms with Crippen LogP contribution in [0.1, 0.15) is 73.6 Å². The van der Waals surface area contributed by atoms with E-state index in [2.05, 4.69) is 20.8 Å². The summed E-state index contributed by atoms with van der Waals surface area (Å²) in [4.78, 5) is 25.9. The molecule has 5 heteroatoms. The molecule has 23 heavy (non-hydrogen) atoms. The summed E-state index contributed by atoms with van der Waals surface area (Å²) < 4.78 is 0.0172. The largest absolute Gasteiger partial charge is 0.373 e. The van der Waals surface area contributed by atoms with Crippen molar-refractivity contribution < 1.29 is 14.7 Å². The van der Waals surface area contributed by atoms with Gasteiger partial charge in [-0.15, -0.1) is 11.8 Å². The summed E-state index contributed by atoms with van der Waals surface area (Å²) in [6.45, 7) is 12.7. The van der Waals surface area contributed by atoms with Crippen LogP contribution in [0.4, 0.5) is 0 Å². The fraction of sp³-hybridized carbons (Fsp3) is 0.889. The highest BCUT2D eigenvalue weighted by Crippen LogP contribution is 2.36. The van der Waals surface area contributed by atoms with Crippen LogP contribution in [0, 0.1) is 5.41 Å². The molecule has 1 amide bonds. The summed E-state index contributed by atoms with van der Waals surface area (Å²) >= 11 is 1.63. The number of rotatable bonds is 7. The van der Waals surface area contributed by atoms with Gasteiger partial charge in [0, 0.05) is 29.5 Å². The lowest BCUT2D eigenvalue weighted by atomic mass is 9.88. The molecule has 134 valence electrons. The number of ketones is 1. The lowest BCUT2D eigenvalue weighted by Crippen LogP contribution is -2.35. The third-order valence-corrected chi connectivity index (χ3v) is 5.36. The first-order valence-corrected chi connectivity index (χ1v) is 9.49. The monoisotopic (exact) mass is 343 g/mol. The molecule has 0 bridgehead atoms. The topological polar surface area (TPSA) is 57.6 Å². The van der Waals surface area contributed by atoms with Crippen LogP contribution in [0.15, 0.2) is 0 Å². The fourth-order valence-electron chi connectivity index (χ4n) is 2.66. The first kappa shape index (κ1) is 20.5. The zero-order valence-corrected chi connectivity index (χ0v) is 16.3. The SMILES string of the molecule is CC(C)(C)SC1CC(O)N(CCCCCC(=O)C(C)(C)C)C1=O. The summed E-state index contributed by atoms with van der Waals surface area (Å²) in [6, 6.07) is 0. The maximum atomic E-state index is 12.4. The van der Waals surface area contributed by atoms with Crippen molar-refractivity contribution in [2.24, 2.45) is 5.41 Å². The highest BCUT2D eigenvalue weighted by atomic mass is 32.2. The number of carbonyl (C=O) groups excluding carboxylic acids is 2. The first-order chi connectivity index (χ1) is 10.4. The number of hydrogen-bond donors (Lipinski definition) is 1. The molecular weight excluding hydrogens is 310 g/mol. The number of nitrogens with zero attached hydrogens (tertiary/aromatic N) is 1. The van der Waals surface area contributed by atoms with Crippen molar-refractivity contribution in [1.29, 1.82) is 0 Å². The molecule has 0 aromatic heterocycles. The number of hydrogen-bond acceptors (Lipinski definition) is 4. The molecule has 0 aromatic rings. The lowest BCUT2D eigenvalue weighted by molar-refractivity contribution is -0.133. The van der Waals surface area contributed by atoms with E-state index in [4.69, 9.17) is 0 Å². The van der Waals surface area contributed by atoms with Crippen LogP contribution in [0.2, 0.25) is 0 Å². The zero-order chi connectivity index (χ0) is 17.8. The molecule has 0 aliphatic carbocycles. The predicted octanol–water partition coefficient (Wildman–Crippen LogP) is 3.61. The van der Waals surface area contributed by atoms with Crippen LogP contribution >= 0.6 is 11.8 Å². The Morgan fingerprint density at radius 2 is 1.78 bits per heavy atom. The van der Waals surface area contributed by atoms with E-state index in [9.17, 15) is 14.7 Å². The van der Waals surface area contributed by atoms with Gasteiger partial charge in [0.2, 0.25) is 5.91 Å². The average Bonchev–Trinajstić information content (AvgIpc) is 2.62. The minimum Gasteiger partial charge on any atom is -0.373 e. The number of likely N-dealkylation sites (tertiary alicyclic amines) is 1. The van der Waals surface area contributed by atoms with Crippen LogP contribution in [-0.2, 0) is 9.59 Å². The fourth-order valence-corrected chi connectivity index (χ4v) is 4.01. The van der Waals surface area contributed by atoms with E-state index < -0.39 is 6.23 Å². The molecule has 1 rings (SSSR count).